The van der Waals surface area contributed by atoms with Crippen LogP contribution in [0.25, 0.3) is 11.4 Å². The molecule has 0 aliphatic heterocycles. The number of nitrogens with zero attached hydrogens (tertiary/aromatic N) is 2. The summed E-state index contributed by atoms with van der Waals surface area (Å²) in [6, 6.07) is 13.0. The van der Waals surface area contributed by atoms with Gasteiger partial charge in [-0.1, -0.05) is 22.0 Å². The van der Waals surface area contributed by atoms with E-state index in [4.69, 9.17) is 4.18 Å². The first kappa shape index (κ1) is 14.7. The lowest BCUT2D eigenvalue weighted by atomic mass is 10.3. The summed E-state index contributed by atoms with van der Waals surface area (Å²) in [5.41, 5.74) is 1.22. The molecule has 0 bridgehead atoms. The van der Waals surface area contributed by atoms with Crippen LogP contribution in [0.1, 0.15) is 0 Å². The Morgan fingerprint density at radius 3 is 2.55 bits per heavy atom. The van der Waals surface area contributed by atoms with E-state index in [1.54, 1.807) is 30.5 Å². The van der Waals surface area contributed by atoms with Crippen molar-refractivity contribution in [2.45, 2.75) is 4.90 Å². The van der Waals surface area contributed by atoms with Crippen LogP contribution in [0, 0.1) is 0 Å². The largest absolute Gasteiger partial charge is 0.357 e. The molecule has 0 unspecified atom stereocenters. The van der Waals surface area contributed by atoms with Gasteiger partial charge in [-0.3, -0.25) is 10.1 Å². The smallest absolute Gasteiger partial charge is 0.340 e. The molecule has 0 saturated carbocycles. The third kappa shape index (κ3) is 3.18. The van der Waals surface area contributed by atoms with E-state index in [2.05, 4.69) is 31.1 Å². The highest BCUT2D eigenvalue weighted by atomic mass is 79.9. The van der Waals surface area contributed by atoms with Crippen LogP contribution in [0.15, 0.2) is 64.1 Å². The second-order valence-corrected chi connectivity index (χ2v) is 6.79. The molecule has 0 radical (unpaired) electrons. The van der Waals surface area contributed by atoms with E-state index in [-0.39, 0.29) is 10.8 Å². The van der Waals surface area contributed by atoms with Crippen molar-refractivity contribution in [1.82, 2.24) is 15.2 Å². The first-order valence-electron chi connectivity index (χ1n) is 6.21. The molecule has 1 N–H and O–H groups in total. The Morgan fingerprint density at radius 1 is 1.09 bits per heavy atom. The summed E-state index contributed by atoms with van der Waals surface area (Å²) in [6.07, 6.45) is 1.63. The molecule has 112 valence electrons. The number of benzene rings is 1. The van der Waals surface area contributed by atoms with E-state index < -0.39 is 10.1 Å². The monoisotopic (exact) mass is 379 g/mol. The number of rotatable bonds is 4. The van der Waals surface area contributed by atoms with E-state index in [9.17, 15) is 8.42 Å². The predicted molar refractivity (Wildman–Crippen MR) is 83.8 cm³/mol. The van der Waals surface area contributed by atoms with Crippen molar-refractivity contribution in [2.75, 3.05) is 0 Å². The maximum absolute atomic E-state index is 12.2. The van der Waals surface area contributed by atoms with Gasteiger partial charge in [0.15, 0.2) is 0 Å². The Hall–Kier alpha value is -2.19. The lowest BCUT2D eigenvalue weighted by molar-refractivity contribution is 0.475. The van der Waals surface area contributed by atoms with Gasteiger partial charge in [0.25, 0.3) is 5.88 Å². The maximum atomic E-state index is 12.2. The van der Waals surface area contributed by atoms with E-state index in [1.165, 1.54) is 18.2 Å². The minimum Gasteiger partial charge on any atom is -0.357 e. The van der Waals surface area contributed by atoms with Gasteiger partial charge in [-0.15, -0.1) is 5.10 Å². The molecule has 22 heavy (non-hydrogen) atoms. The molecule has 0 saturated heterocycles. The molecule has 0 amide bonds. The first-order valence-corrected chi connectivity index (χ1v) is 8.41. The van der Waals surface area contributed by atoms with Crippen molar-refractivity contribution in [3.8, 4) is 17.3 Å². The predicted octanol–water partition coefficient (Wildman–Crippen LogP) is 3.00. The maximum Gasteiger partial charge on any atom is 0.340 e. The van der Waals surface area contributed by atoms with Gasteiger partial charge in [0.2, 0.25) is 0 Å². The quantitative estimate of drug-likeness (QED) is 0.704. The summed E-state index contributed by atoms with van der Waals surface area (Å²) in [5, 5.41) is 6.54. The lowest BCUT2D eigenvalue weighted by Gasteiger charge is -2.03. The third-order valence-electron chi connectivity index (χ3n) is 2.79. The molecule has 6 nitrogen and oxygen atoms in total. The van der Waals surface area contributed by atoms with Crippen molar-refractivity contribution in [2.24, 2.45) is 0 Å². The number of hydrogen-bond donors (Lipinski definition) is 1. The van der Waals surface area contributed by atoms with Crippen LogP contribution in [0.5, 0.6) is 5.88 Å². The summed E-state index contributed by atoms with van der Waals surface area (Å²) in [5.74, 6) is -0.0384. The van der Waals surface area contributed by atoms with Gasteiger partial charge in [-0.25, -0.2) is 0 Å². The minimum absolute atomic E-state index is 0.0384. The van der Waals surface area contributed by atoms with Crippen molar-refractivity contribution in [3.63, 3.8) is 0 Å². The molecule has 2 aromatic heterocycles. The van der Waals surface area contributed by atoms with Crippen molar-refractivity contribution < 1.29 is 12.6 Å². The van der Waals surface area contributed by atoms with Crippen LogP contribution >= 0.6 is 15.9 Å². The van der Waals surface area contributed by atoms with E-state index in [1.807, 2.05) is 6.07 Å². The van der Waals surface area contributed by atoms with Gasteiger partial charge in [0.1, 0.15) is 4.90 Å². The van der Waals surface area contributed by atoms with Gasteiger partial charge < -0.3 is 4.18 Å². The standard InChI is InChI=1S/C14H10BrN3O3S/c15-10-4-6-11(7-5-10)22(19,20)21-14-9-13(17-18-14)12-3-1-2-8-16-12/h1-9H,(H,17,18). The molecule has 0 aliphatic carbocycles. The molecular formula is C14H10BrN3O3S. The van der Waals surface area contributed by atoms with Gasteiger partial charge in [-0.2, -0.15) is 8.42 Å². The zero-order valence-corrected chi connectivity index (χ0v) is 13.5. The Labute approximate surface area is 135 Å². The van der Waals surface area contributed by atoms with Gasteiger partial charge >= 0.3 is 10.1 Å². The van der Waals surface area contributed by atoms with Crippen LogP contribution < -0.4 is 4.18 Å². The molecule has 1 aromatic carbocycles. The van der Waals surface area contributed by atoms with Crippen molar-refractivity contribution >= 4 is 26.0 Å². The fourth-order valence-electron chi connectivity index (χ4n) is 1.76. The average Bonchev–Trinajstić information content (AvgIpc) is 2.96. The number of halogens is 1. The SMILES string of the molecule is O=S(=O)(Oc1cc(-c2ccccn2)[nH]n1)c1ccc(Br)cc1. The zero-order chi connectivity index (χ0) is 15.6. The molecule has 8 heteroatoms. The summed E-state index contributed by atoms with van der Waals surface area (Å²) in [6.45, 7) is 0. The highest BCUT2D eigenvalue weighted by Crippen LogP contribution is 2.22. The Kier molecular flexibility index (Phi) is 3.95. The number of hydrogen-bond acceptors (Lipinski definition) is 5. The highest BCUT2D eigenvalue weighted by molar-refractivity contribution is 9.10. The lowest BCUT2D eigenvalue weighted by Crippen LogP contribution is -2.09. The molecular weight excluding hydrogens is 370 g/mol. The number of nitrogens with one attached hydrogen (secondary N) is 1. The fraction of sp³-hybridized carbons (Fsp3) is 0. The summed E-state index contributed by atoms with van der Waals surface area (Å²) in [7, 11) is -3.92. The number of aromatic nitrogens is 3. The van der Waals surface area contributed by atoms with Gasteiger partial charge in [-0.05, 0) is 36.4 Å². The summed E-state index contributed by atoms with van der Waals surface area (Å²) in [4.78, 5) is 4.20. The average molecular weight is 380 g/mol. The zero-order valence-electron chi connectivity index (χ0n) is 11.1. The molecule has 0 atom stereocenters. The second kappa shape index (κ2) is 5.90. The first-order chi connectivity index (χ1) is 10.5. The Morgan fingerprint density at radius 2 is 1.86 bits per heavy atom. The molecule has 0 aliphatic rings. The molecule has 3 rings (SSSR count). The minimum atomic E-state index is -3.92. The second-order valence-electron chi connectivity index (χ2n) is 4.33. The topological polar surface area (TPSA) is 84.9 Å². The van der Waals surface area contributed by atoms with E-state index >= 15 is 0 Å². The summed E-state index contributed by atoms with van der Waals surface area (Å²) < 4.78 is 30.1. The van der Waals surface area contributed by atoms with E-state index in [0.717, 1.165) is 4.47 Å². The number of H-pyrrole nitrogens is 1. The van der Waals surface area contributed by atoms with Gasteiger partial charge in [0, 0.05) is 16.7 Å². The number of pyridine rings is 1. The Balaban J connectivity index is 1.84. The van der Waals surface area contributed by atoms with Crippen LogP contribution in [0.3, 0.4) is 0 Å². The number of aromatic amines is 1. The third-order valence-corrected chi connectivity index (χ3v) is 4.56. The molecule has 0 fully saturated rings. The van der Waals surface area contributed by atoms with Crippen molar-refractivity contribution in [1.29, 1.82) is 0 Å². The fourth-order valence-corrected chi connectivity index (χ4v) is 2.90. The molecule has 2 heterocycles. The highest BCUT2D eigenvalue weighted by Gasteiger charge is 2.18. The Bertz CT molecular complexity index is 877. The summed E-state index contributed by atoms with van der Waals surface area (Å²) >= 11 is 3.25. The van der Waals surface area contributed by atoms with Crippen LogP contribution in [-0.4, -0.2) is 23.6 Å². The van der Waals surface area contributed by atoms with Crippen molar-refractivity contribution in [3.05, 3.63) is 59.2 Å². The normalized spacial score (nSPS) is 11.3. The van der Waals surface area contributed by atoms with Gasteiger partial charge in [0.05, 0.1) is 11.4 Å². The molecule has 0 spiro atoms. The van der Waals surface area contributed by atoms with E-state index in [0.29, 0.717) is 11.4 Å². The molecule has 3 aromatic rings. The van der Waals surface area contributed by atoms with Crippen LogP contribution in [-0.2, 0) is 10.1 Å². The van der Waals surface area contributed by atoms with Crippen LogP contribution in [0.2, 0.25) is 0 Å². The van der Waals surface area contributed by atoms with Crippen LogP contribution in [0.4, 0.5) is 0 Å².